The average molecular weight is 446 g/mol. The summed E-state index contributed by atoms with van der Waals surface area (Å²) < 4.78 is 5.95. The second-order valence-electron chi connectivity index (χ2n) is 8.28. The van der Waals surface area contributed by atoms with Crippen molar-refractivity contribution in [1.29, 1.82) is 0 Å². The van der Waals surface area contributed by atoms with E-state index in [1.54, 1.807) is 0 Å². The van der Waals surface area contributed by atoms with Gasteiger partial charge in [0.2, 0.25) is 0 Å². The van der Waals surface area contributed by atoms with Gasteiger partial charge < -0.3 is 19.8 Å². The summed E-state index contributed by atoms with van der Waals surface area (Å²) in [6, 6.07) is 14.1. The Balaban J connectivity index is 1.72. The highest BCUT2D eigenvalue weighted by molar-refractivity contribution is 6.31. The van der Waals surface area contributed by atoms with Crippen LogP contribution in [0.2, 0.25) is 5.02 Å². The summed E-state index contributed by atoms with van der Waals surface area (Å²) in [6.45, 7) is 5.92. The molecule has 2 aromatic rings. The fourth-order valence-corrected chi connectivity index (χ4v) is 3.82. The zero-order valence-corrected chi connectivity index (χ0v) is 19.2. The SMILES string of the molecule is CCC(C)O/N=C(\C)c1ccc(Cc2cc(C3CC(O)CC(CO)O3)ccc2Cl)cc1. The van der Waals surface area contributed by atoms with Gasteiger partial charge in [-0.25, -0.2) is 0 Å². The van der Waals surface area contributed by atoms with Gasteiger partial charge in [0.25, 0.3) is 0 Å². The third kappa shape index (κ3) is 6.53. The van der Waals surface area contributed by atoms with Crippen molar-refractivity contribution >= 4 is 17.3 Å². The highest BCUT2D eigenvalue weighted by atomic mass is 35.5. The van der Waals surface area contributed by atoms with Gasteiger partial charge in [-0.2, -0.15) is 0 Å². The average Bonchev–Trinajstić information content (AvgIpc) is 2.78. The van der Waals surface area contributed by atoms with Gasteiger partial charge in [0.1, 0.15) is 6.10 Å². The Morgan fingerprint density at radius 1 is 1.23 bits per heavy atom. The van der Waals surface area contributed by atoms with E-state index in [0.29, 0.717) is 24.3 Å². The van der Waals surface area contributed by atoms with Crippen molar-refractivity contribution in [3.05, 3.63) is 69.7 Å². The van der Waals surface area contributed by atoms with E-state index in [1.165, 1.54) is 0 Å². The summed E-state index contributed by atoms with van der Waals surface area (Å²) in [5, 5.41) is 24.5. The Morgan fingerprint density at radius 2 is 1.97 bits per heavy atom. The molecule has 4 atom stereocenters. The van der Waals surface area contributed by atoms with Gasteiger partial charge in [0.15, 0.2) is 0 Å². The lowest BCUT2D eigenvalue weighted by atomic mass is 9.94. The Hall–Kier alpha value is -1.92. The molecule has 2 aromatic carbocycles. The van der Waals surface area contributed by atoms with Crippen LogP contribution in [0.1, 0.15) is 68.4 Å². The summed E-state index contributed by atoms with van der Waals surface area (Å²) in [5.74, 6) is 0. The van der Waals surface area contributed by atoms with E-state index in [2.05, 4.69) is 24.2 Å². The van der Waals surface area contributed by atoms with Crippen LogP contribution in [0.15, 0.2) is 47.6 Å². The number of aliphatic hydroxyl groups is 2. The van der Waals surface area contributed by atoms with Gasteiger partial charge >= 0.3 is 0 Å². The number of oxime groups is 1. The van der Waals surface area contributed by atoms with Crippen molar-refractivity contribution in [3.63, 3.8) is 0 Å². The van der Waals surface area contributed by atoms with E-state index < -0.39 is 6.10 Å². The van der Waals surface area contributed by atoms with Crippen LogP contribution in [0.5, 0.6) is 0 Å². The maximum absolute atomic E-state index is 10.1. The van der Waals surface area contributed by atoms with Crippen molar-refractivity contribution in [2.75, 3.05) is 6.61 Å². The number of hydrogen-bond donors (Lipinski definition) is 2. The minimum atomic E-state index is -0.475. The molecular formula is C25H32ClNO4. The molecule has 4 unspecified atom stereocenters. The first-order chi connectivity index (χ1) is 14.9. The van der Waals surface area contributed by atoms with E-state index in [0.717, 1.165) is 34.4 Å². The Morgan fingerprint density at radius 3 is 2.65 bits per heavy atom. The smallest absolute Gasteiger partial charge is 0.124 e. The molecule has 0 aliphatic carbocycles. The molecular weight excluding hydrogens is 414 g/mol. The predicted molar refractivity (Wildman–Crippen MR) is 124 cm³/mol. The summed E-state index contributed by atoms with van der Waals surface area (Å²) in [7, 11) is 0. The first-order valence-corrected chi connectivity index (χ1v) is 11.3. The van der Waals surface area contributed by atoms with Crippen LogP contribution in [0, 0.1) is 0 Å². The number of ether oxygens (including phenoxy) is 1. The lowest BCUT2D eigenvalue weighted by molar-refractivity contribution is -0.113. The number of rotatable bonds is 8. The molecule has 168 valence electrons. The van der Waals surface area contributed by atoms with Crippen LogP contribution in [0.4, 0.5) is 0 Å². The van der Waals surface area contributed by atoms with Gasteiger partial charge in [-0.05, 0) is 55.0 Å². The summed E-state index contributed by atoms with van der Waals surface area (Å²) in [5.41, 5.74) is 4.97. The second kappa shape index (κ2) is 11.1. The molecule has 1 aliphatic rings. The van der Waals surface area contributed by atoms with E-state index in [1.807, 2.05) is 44.2 Å². The van der Waals surface area contributed by atoms with Crippen molar-refractivity contribution in [2.45, 2.75) is 70.9 Å². The van der Waals surface area contributed by atoms with E-state index in [9.17, 15) is 10.2 Å². The van der Waals surface area contributed by atoms with Gasteiger partial charge in [-0.1, -0.05) is 60.1 Å². The number of halogens is 1. The lowest BCUT2D eigenvalue weighted by Crippen LogP contribution is -2.33. The summed E-state index contributed by atoms with van der Waals surface area (Å²) in [6.07, 6.45) is 1.63. The molecule has 1 fully saturated rings. The first-order valence-electron chi connectivity index (χ1n) is 10.9. The molecule has 5 nitrogen and oxygen atoms in total. The molecule has 6 heteroatoms. The highest BCUT2D eigenvalue weighted by Gasteiger charge is 2.29. The Labute approximate surface area is 189 Å². The molecule has 2 N–H and O–H groups in total. The number of hydrogen-bond acceptors (Lipinski definition) is 5. The molecule has 1 heterocycles. The lowest BCUT2D eigenvalue weighted by Gasteiger charge is -2.32. The van der Waals surface area contributed by atoms with Crippen LogP contribution in [0.25, 0.3) is 0 Å². The number of aliphatic hydroxyl groups excluding tert-OH is 2. The Kier molecular flexibility index (Phi) is 8.50. The summed E-state index contributed by atoms with van der Waals surface area (Å²) >= 11 is 6.47. The predicted octanol–water partition coefficient (Wildman–Crippen LogP) is 5.04. The molecule has 0 bridgehead atoms. The molecule has 3 rings (SSSR count). The normalized spacial score (nSPS) is 22.9. The third-order valence-corrected chi connectivity index (χ3v) is 6.10. The fourth-order valence-electron chi connectivity index (χ4n) is 3.63. The van der Waals surface area contributed by atoms with Crippen LogP contribution >= 0.6 is 11.6 Å². The van der Waals surface area contributed by atoms with Gasteiger partial charge in [0, 0.05) is 17.9 Å². The maximum atomic E-state index is 10.1. The standard InChI is InChI=1S/C25H32ClNO4/c1-4-16(2)31-27-17(3)19-7-5-18(6-8-19)11-21-12-20(9-10-24(21)26)25-14-22(29)13-23(15-28)30-25/h5-10,12,16,22-23,25,28-29H,4,11,13-15H2,1-3H3/b27-17+. The quantitative estimate of drug-likeness (QED) is 0.441. The van der Waals surface area contributed by atoms with Crippen molar-refractivity contribution < 1.29 is 19.8 Å². The molecule has 0 aromatic heterocycles. The van der Waals surface area contributed by atoms with Crippen molar-refractivity contribution in [3.8, 4) is 0 Å². The molecule has 1 saturated heterocycles. The highest BCUT2D eigenvalue weighted by Crippen LogP contribution is 2.33. The van der Waals surface area contributed by atoms with Gasteiger partial charge in [-0.15, -0.1) is 0 Å². The minimum Gasteiger partial charge on any atom is -0.394 e. The van der Waals surface area contributed by atoms with Crippen molar-refractivity contribution in [1.82, 2.24) is 0 Å². The van der Waals surface area contributed by atoms with Crippen LogP contribution < -0.4 is 0 Å². The topological polar surface area (TPSA) is 71.3 Å². The van der Waals surface area contributed by atoms with Crippen LogP contribution in [0.3, 0.4) is 0 Å². The summed E-state index contributed by atoms with van der Waals surface area (Å²) in [4.78, 5) is 5.47. The van der Waals surface area contributed by atoms with Gasteiger partial charge in [0.05, 0.1) is 30.6 Å². The number of nitrogens with zero attached hydrogens (tertiary/aromatic N) is 1. The van der Waals surface area contributed by atoms with Gasteiger partial charge in [-0.3, -0.25) is 0 Å². The zero-order valence-electron chi connectivity index (χ0n) is 18.4. The molecule has 0 radical (unpaired) electrons. The molecule has 0 amide bonds. The molecule has 31 heavy (non-hydrogen) atoms. The van der Waals surface area contributed by atoms with E-state index in [-0.39, 0.29) is 24.9 Å². The molecule has 0 spiro atoms. The zero-order chi connectivity index (χ0) is 22.4. The van der Waals surface area contributed by atoms with Crippen LogP contribution in [-0.4, -0.2) is 40.8 Å². The fraction of sp³-hybridized carbons (Fsp3) is 0.480. The maximum Gasteiger partial charge on any atom is 0.124 e. The number of benzene rings is 2. The molecule has 1 aliphatic heterocycles. The third-order valence-electron chi connectivity index (χ3n) is 5.73. The van der Waals surface area contributed by atoms with E-state index >= 15 is 0 Å². The largest absolute Gasteiger partial charge is 0.394 e. The first kappa shape index (κ1) is 23.7. The van der Waals surface area contributed by atoms with Crippen LogP contribution in [-0.2, 0) is 16.0 Å². The Bertz CT molecular complexity index is 884. The van der Waals surface area contributed by atoms with Crippen molar-refractivity contribution in [2.24, 2.45) is 5.16 Å². The monoisotopic (exact) mass is 445 g/mol. The minimum absolute atomic E-state index is 0.0918. The van der Waals surface area contributed by atoms with E-state index in [4.69, 9.17) is 21.2 Å². The molecule has 0 saturated carbocycles. The second-order valence-corrected chi connectivity index (χ2v) is 8.69.